The lowest BCUT2D eigenvalue weighted by Crippen LogP contribution is -2.54. The molecule has 9 heteroatoms. The van der Waals surface area contributed by atoms with Crippen molar-refractivity contribution in [2.75, 3.05) is 18.0 Å². The maximum absolute atomic E-state index is 12.6. The van der Waals surface area contributed by atoms with E-state index < -0.39 is 23.3 Å². The van der Waals surface area contributed by atoms with Gasteiger partial charge in [0.1, 0.15) is 17.0 Å². The van der Waals surface area contributed by atoms with Gasteiger partial charge in [-0.25, -0.2) is 4.79 Å². The zero-order valence-corrected chi connectivity index (χ0v) is 15.3. The number of anilines is 1. The molecule has 0 saturated carbocycles. The molecule has 0 radical (unpaired) electrons. The summed E-state index contributed by atoms with van der Waals surface area (Å²) < 4.78 is 43.5. The summed E-state index contributed by atoms with van der Waals surface area (Å²) in [6, 6.07) is 11.2. The largest absolute Gasteiger partial charge is 0.457 e. The van der Waals surface area contributed by atoms with Gasteiger partial charge in [0.2, 0.25) is 0 Å². The molecular weight excluding hydrogens is 387 g/mol. The number of nitrogens with one attached hydrogen (secondary N) is 2. The number of benzene rings is 2. The van der Waals surface area contributed by atoms with Crippen LogP contribution in [0.5, 0.6) is 11.5 Å². The van der Waals surface area contributed by atoms with Crippen LogP contribution < -0.4 is 20.3 Å². The van der Waals surface area contributed by atoms with E-state index in [0.29, 0.717) is 37.4 Å². The number of nitrogens with zero attached hydrogens (tertiary/aromatic N) is 1. The molecular formula is C20H18F3N3O3. The van der Waals surface area contributed by atoms with Gasteiger partial charge in [-0.05, 0) is 61.4 Å². The number of alkyl halides is 3. The van der Waals surface area contributed by atoms with Crippen LogP contribution in [0.15, 0.2) is 48.5 Å². The highest BCUT2D eigenvalue weighted by atomic mass is 19.4. The van der Waals surface area contributed by atoms with Crippen molar-refractivity contribution in [1.82, 2.24) is 10.6 Å². The number of rotatable bonds is 3. The average molecular weight is 405 g/mol. The third-order valence-corrected chi connectivity index (χ3v) is 5.25. The quantitative estimate of drug-likeness (QED) is 0.765. The number of hydrogen-bond donors (Lipinski definition) is 2. The van der Waals surface area contributed by atoms with Gasteiger partial charge in [-0.2, -0.15) is 13.2 Å². The molecule has 4 rings (SSSR count). The molecule has 152 valence electrons. The van der Waals surface area contributed by atoms with E-state index in [-0.39, 0.29) is 5.91 Å². The number of carbonyl (C=O) groups is 2. The molecule has 3 amide bonds. The van der Waals surface area contributed by atoms with Crippen LogP contribution in [0.25, 0.3) is 0 Å². The van der Waals surface area contributed by atoms with Gasteiger partial charge in [0.05, 0.1) is 5.56 Å². The molecule has 0 unspecified atom stereocenters. The molecule has 29 heavy (non-hydrogen) atoms. The van der Waals surface area contributed by atoms with Crippen LogP contribution in [0.4, 0.5) is 23.7 Å². The highest BCUT2D eigenvalue weighted by molar-refractivity contribution is 6.07. The number of piperidine rings is 1. The summed E-state index contributed by atoms with van der Waals surface area (Å²) in [6.07, 6.45) is -3.36. The Bertz CT molecular complexity index is 919. The van der Waals surface area contributed by atoms with E-state index in [1.807, 2.05) is 12.1 Å². The van der Waals surface area contributed by atoms with Crippen molar-refractivity contribution in [3.05, 3.63) is 54.1 Å². The summed E-state index contributed by atoms with van der Waals surface area (Å²) in [5.74, 6) is 0.542. The van der Waals surface area contributed by atoms with Crippen LogP contribution >= 0.6 is 0 Å². The first kappa shape index (κ1) is 19.1. The molecule has 2 aliphatic heterocycles. The van der Waals surface area contributed by atoms with E-state index in [4.69, 9.17) is 4.74 Å². The average Bonchev–Trinajstić information content (AvgIpc) is 2.96. The van der Waals surface area contributed by atoms with Gasteiger partial charge < -0.3 is 15.0 Å². The van der Waals surface area contributed by atoms with Gasteiger partial charge in [0.25, 0.3) is 5.91 Å². The summed E-state index contributed by atoms with van der Waals surface area (Å²) in [6.45, 7) is 1.21. The number of hydrogen-bond acceptors (Lipinski definition) is 4. The van der Waals surface area contributed by atoms with Crippen molar-refractivity contribution in [1.29, 1.82) is 0 Å². The summed E-state index contributed by atoms with van der Waals surface area (Å²) in [4.78, 5) is 25.5. The van der Waals surface area contributed by atoms with Crippen LogP contribution in [0, 0.1) is 0 Å². The van der Waals surface area contributed by atoms with Crippen molar-refractivity contribution in [3.63, 3.8) is 0 Å². The van der Waals surface area contributed by atoms with Gasteiger partial charge in [-0.3, -0.25) is 10.1 Å². The second-order valence-corrected chi connectivity index (χ2v) is 7.10. The first-order valence-corrected chi connectivity index (χ1v) is 9.09. The zero-order valence-electron chi connectivity index (χ0n) is 15.3. The van der Waals surface area contributed by atoms with E-state index in [1.165, 1.54) is 12.1 Å². The van der Waals surface area contributed by atoms with Crippen molar-refractivity contribution >= 4 is 17.6 Å². The van der Waals surface area contributed by atoms with Gasteiger partial charge in [0, 0.05) is 18.8 Å². The van der Waals surface area contributed by atoms with Crippen LogP contribution in [0.3, 0.4) is 0 Å². The molecule has 2 N–H and O–H groups in total. The van der Waals surface area contributed by atoms with E-state index in [9.17, 15) is 22.8 Å². The smallest absolute Gasteiger partial charge is 0.416 e. The SMILES string of the molecule is O=C1NC(=O)C2(CCN(c3ccc(Oc4ccc(C(F)(F)F)cc4)cc3)CC2)N1. The Hall–Kier alpha value is -3.23. The molecule has 2 aliphatic rings. The lowest BCUT2D eigenvalue weighted by atomic mass is 9.87. The molecule has 2 heterocycles. The summed E-state index contributed by atoms with van der Waals surface area (Å²) in [5, 5.41) is 5.01. The standard InChI is InChI=1S/C20H18F3N3O3/c21-20(22,23)13-1-5-15(6-2-13)29-16-7-3-14(4-8-16)26-11-9-19(10-12-26)17(27)24-18(28)25-19/h1-8H,9-12H2,(H2,24,25,27,28). The van der Waals surface area contributed by atoms with Gasteiger partial charge >= 0.3 is 12.2 Å². The number of carbonyl (C=O) groups excluding carboxylic acids is 2. The zero-order chi connectivity index (χ0) is 20.6. The van der Waals surface area contributed by atoms with Crippen LogP contribution in [0.1, 0.15) is 18.4 Å². The third-order valence-electron chi connectivity index (χ3n) is 5.25. The van der Waals surface area contributed by atoms with Gasteiger partial charge in [-0.1, -0.05) is 0 Å². The first-order chi connectivity index (χ1) is 13.7. The molecule has 1 spiro atoms. The number of halogens is 3. The monoisotopic (exact) mass is 405 g/mol. The summed E-state index contributed by atoms with van der Waals surface area (Å²) in [5.41, 5.74) is -0.612. The van der Waals surface area contributed by atoms with E-state index >= 15 is 0 Å². The van der Waals surface area contributed by atoms with Crippen molar-refractivity contribution in [2.45, 2.75) is 24.6 Å². The fourth-order valence-electron chi connectivity index (χ4n) is 3.60. The molecule has 0 aliphatic carbocycles. The van der Waals surface area contributed by atoms with Gasteiger partial charge in [0.15, 0.2) is 0 Å². The maximum Gasteiger partial charge on any atom is 0.416 e. The predicted octanol–water partition coefficient (Wildman–Crippen LogP) is 3.68. The molecule has 0 aromatic heterocycles. The summed E-state index contributed by atoms with van der Waals surface area (Å²) in [7, 11) is 0. The highest BCUT2D eigenvalue weighted by Crippen LogP contribution is 2.33. The Balaban J connectivity index is 1.37. The normalized spacial score (nSPS) is 18.5. The molecule has 0 atom stereocenters. The fraction of sp³-hybridized carbons (Fsp3) is 0.300. The van der Waals surface area contributed by atoms with E-state index in [2.05, 4.69) is 15.5 Å². The second kappa shape index (κ2) is 6.98. The predicted molar refractivity (Wildman–Crippen MR) is 98.8 cm³/mol. The molecule has 2 fully saturated rings. The Morgan fingerprint density at radius 3 is 1.93 bits per heavy atom. The van der Waals surface area contributed by atoms with Gasteiger partial charge in [-0.15, -0.1) is 0 Å². The van der Waals surface area contributed by atoms with Crippen LogP contribution in [-0.4, -0.2) is 30.6 Å². The minimum absolute atomic E-state index is 0.276. The van der Waals surface area contributed by atoms with Crippen LogP contribution in [0.2, 0.25) is 0 Å². The number of imide groups is 1. The lowest BCUT2D eigenvalue weighted by molar-refractivity contribution is -0.137. The van der Waals surface area contributed by atoms with Crippen LogP contribution in [-0.2, 0) is 11.0 Å². The van der Waals surface area contributed by atoms with E-state index in [0.717, 1.165) is 17.8 Å². The Morgan fingerprint density at radius 1 is 0.897 bits per heavy atom. The fourth-order valence-corrected chi connectivity index (χ4v) is 3.60. The first-order valence-electron chi connectivity index (χ1n) is 9.09. The summed E-state index contributed by atoms with van der Waals surface area (Å²) >= 11 is 0. The Kier molecular flexibility index (Phi) is 4.60. The number of ether oxygens (including phenoxy) is 1. The Labute approximate surface area is 164 Å². The third kappa shape index (κ3) is 3.85. The minimum Gasteiger partial charge on any atom is -0.457 e. The van der Waals surface area contributed by atoms with Crippen molar-refractivity contribution in [2.24, 2.45) is 0 Å². The minimum atomic E-state index is -4.38. The topological polar surface area (TPSA) is 70.7 Å². The van der Waals surface area contributed by atoms with Crippen molar-refractivity contribution in [3.8, 4) is 11.5 Å². The lowest BCUT2D eigenvalue weighted by Gasteiger charge is -2.38. The number of urea groups is 1. The Morgan fingerprint density at radius 2 is 1.45 bits per heavy atom. The van der Waals surface area contributed by atoms with E-state index in [1.54, 1.807) is 12.1 Å². The highest BCUT2D eigenvalue weighted by Gasteiger charge is 2.47. The number of amides is 3. The molecule has 2 saturated heterocycles. The van der Waals surface area contributed by atoms with Crippen molar-refractivity contribution < 1.29 is 27.5 Å². The molecule has 2 aromatic carbocycles. The molecule has 2 aromatic rings. The molecule has 0 bridgehead atoms. The molecule has 6 nitrogen and oxygen atoms in total. The second-order valence-electron chi connectivity index (χ2n) is 7.10. The maximum atomic E-state index is 12.6.